The van der Waals surface area contributed by atoms with Gasteiger partial charge in [0.05, 0.1) is 5.71 Å². The SMILES string of the molecule is CC(=O)O.ON=C1CCCCC1c1ccc(CCCBr)cc1. The number of carboxylic acid groups (broad SMARTS) is 1. The predicted octanol–water partition coefficient (Wildman–Crippen LogP) is 4.59. The van der Waals surface area contributed by atoms with Crippen LogP contribution in [0, 0.1) is 0 Å². The lowest BCUT2D eigenvalue weighted by Crippen LogP contribution is -2.17. The van der Waals surface area contributed by atoms with Crippen molar-refractivity contribution in [1.82, 2.24) is 0 Å². The highest BCUT2D eigenvalue weighted by atomic mass is 79.9. The van der Waals surface area contributed by atoms with Crippen molar-refractivity contribution in [1.29, 1.82) is 0 Å². The van der Waals surface area contributed by atoms with E-state index in [-0.39, 0.29) is 0 Å². The number of carboxylic acids is 1. The number of nitrogens with zero attached hydrogens (tertiary/aromatic N) is 1. The number of benzene rings is 1. The van der Waals surface area contributed by atoms with Crippen molar-refractivity contribution in [2.24, 2.45) is 5.16 Å². The summed E-state index contributed by atoms with van der Waals surface area (Å²) in [6.45, 7) is 1.08. The molecule has 0 saturated heterocycles. The lowest BCUT2D eigenvalue weighted by Gasteiger charge is -2.23. The second-order valence-electron chi connectivity index (χ2n) is 5.44. The Kier molecular flexibility index (Phi) is 8.82. The zero-order valence-electron chi connectivity index (χ0n) is 13.0. The first kappa shape index (κ1) is 18.7. The Morgan fingerprint density at radius 2 is 1.95 bits per heavy atom. The first-order chi connectivity index (χ1) is 10.6. The second-order valence-corrected chi connectivity index (χ2v) is 6.24. The van der Waals surface area contributed by atoms with Crippen LogP contribution in [0.25, 0.3) is 0 Å². The normalized spacial score (nSPS) is 19.4. The standard InChI is InChI=1S/C15H20BrNO.C2H4O2/c16-11-3-4-12-7-9-13(10-8-12)14-5-1-2-6-15(14)17-18;1-2(3)4/h7-10,14,18H,1-6,11H2;1H3,(H,3,4). The van der Waals surface area contributed by atoms with Gasteiger partial charge in [-0.2, -0.15) is 0 Å². The van der Waals surface area contributed by atoms with Gasteiger partial charge in [-0.05, 0) is 43.2 Å². The molecule has 2 N–H and O–H groups in total. The predicted molar refractivity (Wildman–Crippen MR) is 92.3 cm³/mol. The van der Waals surface area contributed by atoms with Crippen molar-refractivity contribution < 1.29 is 15.1 Å². The van der Waals surface area contributed by atoms with Gasteiger partial charge >= 0.3 is 0 Å². The molecular formula is C17H24BrNO3. The van der Waals surface area contributed by atoms with Gasteiger partial charge in [0, 0.05) is 18.2 Å². The van der Waals surface area contributed by atoms with Gasteiger partial charge < -0.3 is 10.3 Å². The number of hydrogen-bond acceptors (Lipinski definition) is 3. The van der Waals surface area contributed by atoms with Gasteiger partial charge in [0.15, 0.2) is 0 Å². The summed E-state index contributed by atoms with van der Waals surface area (Å²) in [4.78, 5) is 9.00. The first-order valence-corrected chi connectivity index (χ1v) is 8.75. The van der Waals surface area contributed by atoms with E-state index >= 15 is 0 Å². The van der Waals surface area contributed by atoms with Crippen LogP contribution in [0.2, 0.25) is 0 Å². The Morgan fingerprint density at radius 1 is 1.32 bits per heavy atom. The minimum Gasteiger partial charge on any atom is -0.481 e. The average molecular weight is 370 g/mol. The van der Waals surface area contributed by atoms with Gasteiger partial charge in [0.1, 0.15) is 0 Å². The Bertz CT molecular complexity index is 481. The molecule has 4 nitrogen and oxygen atoms in total. The highest BCUT2D eigenvalue weighted by molar-refractivity contribution is 9.09. The van der Waals surface area contributed by atoms with Gasteiger partial charge in [-0.3, -0.25) is 4.79 Å². The first-order valence-electron chi connectivity index (χ1n) is 7.63. The van der Waals surface area contributed by atoms with E-state index in [4.69, 9.17) is 15.1 Å². The summed E-state index contributed by atoms with van der Waals surface area (Å²) in [6, 6.07) is 8.82. The van der Waals surface area contributed by atoms with E-state index in [1.165, 1.54) is 24.0 Å². The van der Waals surface area contributed by atoms with Gasteiger partial charge in [0.2, 0.25) is 0 Å². The largest absolute Gasteiger partial charge is 0.481 e. The summed E-state index contributed by atoms with van der Waals surface area (Å²) in [7, 11) is 0. The van der Waals surface area contributed by atoms with Crippen molar-refractivity contribution >= 4 is 27.6 Å². The van der Waals surface area contributed by atoms with E-state index < -0.39 is 5.97 Å². The summed E-state index contributed by atoms with van der Waals surface area (Å²) < 4.78 is 0. The second kappa shape index (κ2) is 10.4. The number of aliphatic carboxylic acids is 1. The van der Waals surface area contributed by atoms with E-state index in [0.717, 1.165) is 43.6 Å². The lowest BCUT2D eigenvalue weighted by atomic mass is 9.82. The molecule has 0 aliphatic heterocycles. The molecule has 1 aromatic carbocycles. The van der Waals surface area contributed by atoms with Crippen molar-refractivity contribution in [3.8, 4) is 0 Å². The topological polar surface area (TPSA) is 69.9 Å². The molecule has 2 rings (SSSR count). The van der Waals surface area contributed by atoms with Crippen LogP contribution >= 0.6 is 15.9 Å². The van der Waals surface area contributed by atoms with Crippen molar-refractivity contribution in [3.63, 3.8) is 0 Å². The number of aryl methyl sites for hydroxylation is 1. The molecule has 5 heteroatoms. The van der Waals surface area contributed by atoms with Gasteiger partial charge in [-0.25, -0.2) is 0 Å². The number of carbonyl (C=O) groups is 1. The van der Waals surface area contributed by atoms with Gasteiger partial charge in [-0.15, -0.1) is 0 Å². The fraction of sp³-hybridized carbons (Fsp3) is 0.529. The van der Waals surface area contributed by atoms with Crippen LogP contribution in [-0.2, 0) is 11.2 Å². The maximum Gasteiger partial charge on any atom is 0.300 e. The number of oxime groups is 1. The smallest absolute Gasteiger partial charge is 0.300 e. The third kappa shape index (κ3) is 6.60. The summed E-state index contributed by atoms with van der Waals surface area (Å²) in [6.07, 6.45) is 6.73. The molecule has 1 aromatic rings. The quantitative estimate of drug-likeness (QED) is 0.463. The van der Waals surface area contributed by atoms with E-state index in [2.05, 4.69) is 45.4 Å². The molecule has 1 aliphatic carbocycles. The average Bonchev–Trinajstić information content (AvgIpc) is 2.53. The molecule has 1 saturated carbocycles. The van der Waals surface area contributed by atoms with Crippen LogP contribution in [0.15, 0.2) is 29.4 Å². The maximum atomic E-state index is 9.08. The number of halogens is 1. The van der Waals surface area contributed by atoms with Crippen molar-refractivity contribution in [2.75, 3.05) is 5.33 Å². The zero-order chi connectivity index (χ0) is 16.4. The molecule has 22 heavy (non-hydrogen) atoms. The number of rotatable bonds is 4. The Balaban J connectivity index is 0.000000541. The monoisotopic (exact) mass is 369 g/mol. The van der Waals surface area contributed by atoms with Crippen LogP contribution in [0.4, 0.5) is 0 Å². The molecule has 122 valence electrons. The molecule has 0 radical (unpaired) electrons. The van der Waals surface area contributed by atoms with Crippen LogP contribution in [0.1, 0.15) is 56.1 Å². The maximum absolute atomic E-state index is 9.08. The summed E-state index contributed by atoms with van der Waals surface area (Å²) >= 11 is 3.46. The molecule has 0 bridgehead atoms. The van der Waals surface area contributed by atoms with E-state index in [0.29, 0.717) is 5.92 Å². The minimum atomic E-state index is -0.833. The van der Waals surface area contributed by atoms with Gasteiger partial charge in [-0.1, -0.05) is 51.8 Å². The molecule has 1 atom stereocenters. The van der Waals surface area contributed by atoms with Gasteiger partial charge in [0.25, 0.3) is 5.97 Å². The number of hydrogen-bond donors (Lipinski definition) is 2. The highest BCUT2D eigenvalue weighted by Gasteiger charge is 2.22. The van der Waals surface area contributed by atoms with E-state index in [1.807, 2.05) is 0 Å². The molecule has 0 heterocycles. The van der Waals surface area contributed by atoms with E-state index in [1.54, 1.807) is 0 Å². The Morgan fingerprint density at radius 3 is 2.50 bits per heavy atom. The summed E-state index contributed by atoms with van der Waals surface area (Å²) in [5.74, 6) is -0.506. The fourth-order valence-corrected chi connectivity index (χ4v) is 2.94. The fourth-order valence-electron chi connectivity index (χ4n) is 2.66. The van der Waals surface area contributed by atoms with Crippen LogP contribution in [-0.4, -0.2) is 27.3 Å². The summed E-state index contributed by atoms with van der Waals surface area (Å²) in [5.41, 5.74) is 3.64. The molecule has 0 aromatic heterocycles. The molecule has 0 spiro atoms. The molecule has 1 unspecified atom stereocenters. The van der Waals surface area contributed by atoms with Crippen LogP contribution < -0.4 is 0 Å². The van der Waals surface area contributed by atoms with Crippen LogP contribution in [0.5, 0.6) is 0 Å². The molecule has 0 amide bonds. The Hall–Kier alpha value is -1.36. The lowest BCUT2D eigenvalue weighted by molar-refractivity contribution is -0.134. The zero-order valence-corrected chi connectivity index (χ0v) is 14.6. The van der Waals surface area contributed by atoms with E-state index in [9.17, 15) is 0 Å². The minimum absolute atomic E-state index is 0.328. The third-order valence-corrected chi connectivity index (χ3v) is 4.25. The molecule has 1 fully saturated rings. The number of alkyl halides is 1. The van der Waals surface area contributed by atoms with Crippen molar-refractivity contribution in [3.05, 3.63) is 35.4 Å². The third-order valence-electron chi connectivity index (χ3n) is 3.69. The highest BCUT2D eigenvalue weighted by Crippen LogP contribution is 2.31. The van der Waals surface area contributed by atoms with Crippen LogP contribution in [0.3, 0.4) is 0 Å². The summed E-state index contributed by atoms with van der Waals surface area (Å²) in [5, 5.41) is 21.0. The molecular weight excluding hydrogens is 346 g/mol. The molecule has 1 aliphatic rings. The van der Waals surface area contributed by atoms with Crippen molar-refractivity contribution in [2.45, 2.75) is 51.4 Å². The Labute approximate surface area is 140 Å².